The van der Waals surface area contributed by atoms with Crippen LogP contribution in [0.1, 0.15) is 26.5 Å². The zero-order chi connectivity index (χ0) is 9.19. The molecule has 0 aliphatic carbocycles. The van der Waals surface area contributed by atoms with E-state index in [9.17, 15) is 0 Å². The summed E-state index contributed by atoms with van der Waals surface area (Å²) in [4.78, 5) is 3.88. The van der Waals surface area contributed by atoms with Gasteiger partial charge in [-0.3, -0.25) is 0 Å². The van der Waals surface area contributed by atoms with Crippen LogP contribution < -0.4 is 5.32 Å². The van der Waals surface area contributed by atoms with Gasteiger partial charge in [0.2, 0.25) is 0 Å². The van der Waals surface area contributed by atoms with Gasteiger partial charge in [-0.05, 0) is 20.8 Å². The molecule has 0 aromatic carbocycles. The monoisotopic (exact) mass is 165 g/mol. The second-order valence-electron chi connectivity index (χ2n) is 3.52. The van der Waals surface area contributed by atoms with Crippen LogP contribution in [-0.2, 0) is 0 Å². The molecule has 0 unspecified atom stereocenters. The van der Waals surface area contributed by atoms with Gasteiger partial charge >= 0.3 is 0 Å². The van der Waals surface area contributed by atoms with Crippen LogP contribution in [0.3, 0.4) is 0 Å². The second-order valence-corrected chi connectivity index (χ2v) is 3.52. The standard InChI is InChI=1S/C8H11N3O/c1-8(2,3)11-7-10-6(4-9)5-12-7/h5H,1-3H3,(H,10,11). The van der Waals surface area contributed by atoms with Gasteiger partial charge in [0.1, 0.15) is 12.3 Å². The van der Waals surface area contributed by atoms with E-state index in [0.717, 1.165) is 0 Å². The SMILES string of the molecule is CC(C)(C)Nc1nc(C#N)co1. The summed E-state index contributed by atoms with van der Waals surface area (Å²) in [6.07, 6.45) is 1.33. The molecule has 1 aromatic rings. The summed E-state index contributed by atoms with van der Waals surface area (Å²) in [5.41, 5.74) is 0.194. The molecule has 64 valence electrons. The van der Waals surface area contributed by atoms with Crippen molar-refractivity contribution in [1.82, 2.24) is 4.98 Å². The quantitative estimate of drug-likeness (QED) is 0.688. The van der Waals surface area contributed by atoms with Crippen LogP contribution in [0.2, 0.25) is 0 Å². The van der Waals surface area contributed by atoms with Crippen molar-refractivity contribution in [3.63, 3.8) is 0 Å². The molecule has 0 radical (unpaired) electrons. The topological polar surface area (TPSA) is 61.9 Å². The van der Waals surface area contributed by atoms with E-state index >= 15 is 0 Å². The van der Waals surface area contributed by atoms with Crippen molar-refractivity contribution in [3.05, 3.63) is 12.0 Å². The van der Waals surface area contributed by atoms with Crippen LogP contribution in [0.5, 0.6) is 0 Å². The van der Waals surface area contributed by atoms with Crippen LogP contribution in [0.4, 0.5) is 6.01 Å². The Labute approximate surface area is 71.2 Å². The van der Waals surface area contributed by atoms with Gasteiger partial charge in [-0.2, -0.15) is 10.2 Å². The van der Waals surface area contributed by atoms with E-state index in [1.165, 1.54) is 6.26 Å². The normalized spacial score (nSPS) is 10.8. The summed E-state index contributed by atoms with van der Waals surface area (Å²) in [6.45, 7) is 5.97. The summed E-state index contributed by atoms with van der Waals surface area (Å²) in [5.74, 6) is 0. The highest BCUT2D eigenvalue weighted by Crippen LogP contribution is 2.12. The molecule has 0 bridgehead atoms. The fraction of sp³-hybridized carbons (Fsp3) is 0.500. The molecule has 0 spiro atoms. The van der Waals surface area contributed by atoms with Gasteiger partial charge in [-0.1, -0.05) is 0 Å². The van der Waals surface area contributed by atoms with Crippen molar-refractivity contribution < 1.29 is 4.42 Å². The van der Waals surface area contributed by atoms with Gasteiger partial charge in [-0.15, -0.1) is 0 Å². The van der Waals surface area contributed by atoms with Gasteiger partial charge in [-0.25, -0.2) is 0 Å². The minimum absolute atomic E-state index is 0.0996. The van der Waals surface area contributed by atoms with E-state index in [4.69, 9.17) is 9.68 Å². The van der Waals surface area contributed by atoms with Crippen LogP contribution in [0, 0.1) is 11.3 Å². The maximum Gasteiger partial charge on any atom is 0.296 e. The summed E-state index contributed by atoms with van der Waals surface area (Å²) in [5, 5.41) is 11.5. The third-order valence-electron chi connectivity index (χ3n) is 1.10. The lowest BCUT2D eigenvalue weighted by Gasteiger charge is -2.18. The summed E-state index contributed by atoms with van der Waals surface area (Å²) in [7, 11) is 0. The molecule has 1 aromatic heterocycles. The average molecular weight is 165 g/mol. The van der Waals surface area contributed by atoms with Crippen LogP contribution in [0.15, 0.2) is 10.7 Å². The van der Waals surface area contributed by atoms with Gasteiger partial charge in [0.25, 0.3) is 6.01 Å². The van der Waals surface area contributed by atoms with E-state index in [-0.39, 0.29) is 5.54 Å². The molecule has 12 heavy (non-hydrogen) atoms. The first-order valence-electron chi connectivity index (χ1n) is 3.65. The maximum atomic E-state index is 8.45. The van der Waals surface area contributed by atoms with E-state index in [0.29, 0.717) is 11.7 Å². The first-order chi connectivity index (χ1) is 5.51. The van der Waals surface area contributed by atoms with Gasteiger partial charge in [0, 0.05) is 5.54 Å². The average Bonchev–Trinajstić information content (AvgIpc) is 2.32. The molecule has 1 rings (SSSR count). The Morgan fingerprint density at radius 2 is 2.25 bits per heavy atom. The lowest BCUT2D eigenvalue weighted by atomic mass is 10.1. The van der Waals surface area contributed by atoms with Gasteiger partial charge < -0.3 is 9.73 Å². The number of hydrogen-bond donors (Lipinski definition) is 1. The number of nitrogens with one attached hydrogen (secondary N) is 1. The molecular weight excluding hydrogens is 154 g/mol. The minimum atomic E-state index is -0.0996. The third kappa shape index (κ3) is 2.27. The summed E-state index contributed by atoms with van der Waals surface area (Å²) < 4.78 is 4.99. The number of hydrogen-bond acceptors (Lipinski definition) is 4. The fourth-order valence-electron chi connectivity index (χ4n) is 0.703. The molecule has 1 heterocycles. The van der Waals surface area contributed by atoms with Crippen LogP contribution in [-0.4, -0.2) is 10.5 Å². The molecule has 0 saturated heterocycles. The third-order valence-corrected chi connectivity index (χ3v) is 1.10. The van der Waals surface area contributed by atoms with Crippen molar-refractivity contribution >= 4 is 6.01 Å². The Hall–Kier alpha value is -1.50. The number of anilines is 1. The number of nitriles is 1. The Kier molecular flexibility index (Phi) is 2.05. The number of nitrogens with zero attached hydrogens (tertiary/aromatic N) is 2. The lowest BCUT2D eigenvalue weighted by Crippen LogP contribution is -2.26. The van der Waals surface area contributed by atoms with Crippen molar-refractivity contribution in [2.75, 3.05) is 5.32 Å². The molecule has 1 N–H and O–H groups in total. The summed E-state index contributed by atoms with van der Waals surface area (Å²) in [6, 6.07) is 2.28. The fourth-order valence-corrected chi connectivity index (χ4v) is 0.703. The maximum absolute atomic E-state index is 8.45. The van der Waals surface area contributed by atoms with E-state index in [1.54, 1.807) is 0 Å². The van der Waals surface area contributed by atoms with E-state index in [1.807, 2.05) is 26.8 Å². The predicted octanol–water partition coefficient (Wildman–Crippen LogP) is 1.76. The largest absolute Gasteiger partial charge is 0.431 e. The van der Waals surface area contributed by atoms with Gasteiger partial charge in [0.05, 0.1) is 0 Å². The second kappa shape index (κ2) is 2.86. The Morgan fingerprint density at radius 1 is 1.58 bits per heavy atom. The van der Waals surface area contributed by atoms with Gasteiger partial charge in [0.15, 0.2) is 5.69 Å². The highest BCUT2D eigenvalue weighted by Gasteiger charge is 2.12. The van der Waals surface area contributed by atoms with Crippen molar-refractivity contribution in [2.45, 2.75) is 26.3 Å². The lowest BCUT2D eigenvalue weighted by molar-refractivity contribution is 0.530. The smallest absolute Gasteiger partial charge is 0.296 e. The molecule has 0 aliphatic rings. The van der Waals surface area contributed by atoms with Crippen molar-refractivity contribution in [2.24, 2.45) is 0 Å². The summed E-state index contributed by atoms with van der Waals surface area (Å²) >= 11 is 0. The predicted molar refractivity (Wildman–Crippen MR) is 44.6 cm³/mol. The van der Waals surface area contributed by atoms with Crippen molar-refractivity contribution in [1.29, 1.82) is 5.26 Å². The molecule has 0 saturated carbocycles. The zero-order valence-corrected chi connectivity index (χ0v) is 7.38. The number of oxazole rings is 1. The molecule has 4 nitrogen and oxygen atoms in total. The Bertz CT molecular complexity index is 303. The number of rotatable bonds is 1. The molecule has 0 amide bonds. The molecule has 0 fully saturated rings. The minimum Gasteiger partial charge on any atom is -0.431 e. The first-order valence-corrected chi connectivity index (χ1v) is 3.65. The molecular formula is C8H11N3O. The molecule has 0 aliphatic heterocycles. The first kappa shape index (κ1) is 8.60. The molecule has 0 atom stereocenters. The van der Waals surface area contributed by atoms with Crippen molar-refractivity contribution in [3.8, 4) is 6.07 Å². The number of aromatic nitrogens is 1. The Balaban J connectivity index is 2.72. The highest BCUT2D eigenvalue weighted by atomic mass is 16.4. The molecule has 4 heteroatoms. The van der Waals surface area contributed by atoms with Crippen LogP contribution in [0.25, 0.3) is 0 Å². The van der Waals surface area contributed by atoms with Crippen LogP contribution >= 0.6 is 0 Å². The Morgan fingerprint density at radius 3 is 2.67 bits per heavy atom. The van der Waals surface area contributed by atoms with E-state index in [2.05, 4.69) is 10.3 Å². The van der Waals surface area contributed by atoms with E-state index < -0.39 is 0 Å². The highest BCUT2D eigenvalue weighted by molar-refractivity contribution is 5.29. The zero-order valence-electron chi connectivity index (χ0n) is 7.38.